The summed E-state index contributed by atoms with van der Waals surface area (Å²) in [4.78, 5) is 14.6. The van der Waals surface area contributed by atoms with Crippen LogP contribution in [0.4, 0.5) is 0 Å². The second kappa shape index (κ2) is 7.44. The van der Waals surface area contributed by atoms with E-state index in [2.05, 4.69) is 30.4 Å². The van der Waals surface area contributed by atoms with E-state index in [-0.39, 0.29) is 11.2 Å². The molecule has 0 saturated heterocycles. The van der Waals surface area contributed by atoms with E-state index in [1.54, 1.807) is 30.8 Å². The number of amides is 1. The van der Waals surface area contributed by atoms with Crippen LogP contribution in [0, 0.1) is 0 Å². The van der Waals surface area contributed by atoms with Gasteiger partial charge in [-0.15, -0.1) is 11.8 Å². The van der Waals surface area contributed by atoms with Crippen LogP contribution in [0.1, 0.15) is 19.4 Å². The number of hydrogen-bond donors (Lipinski definition) is 1. The van der Waals surface area contributed by atoms with Gasteiger partial charge >= 0.3 is 0 Å². The van der Waals surface area contributed by atoms with Gasteiger partial charge in [-0.25, -0.2) is 0 Å². The standard InChI is InChI=1S/C14H22N2OS/c1-5-15-10-12-7-6-8-13(9-12)18-11(2)14(17)16(3)4/h6-9,11,15H,5,10H2,1-4H3. The molecule has 1 N–H and O–H groups in total. The van der Waals surface area contributed by atoms with E-state index >= 15 is 0 Å². The number of carbonyl (C=O) groups excluding carboxylic acids is 1. The van der Waals surface area contributed by atoms with E-state index in [0.717, 1.165) is 18.0 Å². The van der Waals surface area contributed by atoms with Crippen molar-refractivity contribution in [1.82, 2.24) is 10.2 Å². The Kier molecular flexibility index (Phi) is 6.22. The fourth-order valence-corrected chi connectivity index (χ4v) is 2.71. The van der Waals surface area contributed by atoms with E-state index in [1.165, 1.54) is 5.56 Å². The second-order valence-corrected chi connectivity index (χ2v) is 5.83. The van der Waals surface area contributed by atoms with Gasteiger partial charge < -0.3 is 10.2 Å². The first kappa shape index (κ1) is 15.1. The van der Waals surface area contributed by atoms with Crippen LogP contribution in [-0.2, 0) is 11.3 Å². The van der Waals surface area contributed by atoms with Crippen molar-refractivity contribution in [3.05, 3.63) is 29.8 Å². The Labute approximate surface area is 114 Å². The Hall–Kier alpha value is -1.00. The molecule has 18 heavy (non-hydrogen) atoms. The fraction of sp³-hybridized carbons (Fsp3) is 0.500. The van der Waals surface area contributed by atoms with Gasteiger partial charge in [0.25, 0.3) is 0 Å². The largest absolute Gasteiger partial charge is 0.348 e. The zero-order valence-corrected chi connectivity index (χ0v) is 12.4. The number of hydrogen-bond acceptors (Lipinski definition) is 3. The molecule has 1 atom stereocenters. The molecule has 0 fully saturated rings. The van der Waals surface area contributed by atoms with Gasteiger partial charge in [0.05, 0.1) is 5.25 Å². The lowest BCUT2D eigenvalue weighted by molar-refractivity contribution is -0.127. The molecule has 1 rings (SSSR count). The van der Waals surface area contributed by atoms with Crippen LogP contribution >= 0.6 is 11.8 Å². The monoisotopic (exact) mass is 266 g/mol. The number of thioether (sulfide) groups is 1. The molecule has 0 radical (unpaired) electrons. The first-order valence-electron chi connectivity index (χ1n) is 6.22. The van der Waals surface area contributed by atoms with Gasteiger partial charge in [0.15, 0.2) is 0 Å². The van der Waals surface area contributed by atoms with Crippen molar-refractivity contribution in [2.24, 2.45) is 0 Å². The molecule has 4 heteroatoms. The molecule has 0 aliphatic rings. The van der Waals surface area contributed by atoms with E-state index in [9.17, 15) is 4.79 Å². The molecule has 0 aliphatic carbocycles. The molecule has 0 aromatic heterocycles. The smallest absolute Gasteiger partial charge is 0.235 e. The first-order valence-corrected chi connectivity index (χ1v) is 7.10. The SMILES string of the molecule is CCNCc1cccc(SC(C)C(=O)N(C)C)c1. The van der Waals surface area contributed by atoms with Crippen molar-refractivity contribution >= 4 is 17.7 Å². The molecule has 1 unspecified atom stereocenters. The maximum Gasteiger partial charge on any atom is 0.235 e. The molecular weight excluding hydrogens is 244 g/mol. The van der Waals surface area contributed by atoms with Crippen molar-refractivity contribution in [1.29, 1.82) is 0 Å². The van der Waals surface area contributed by atoms with Crippen LogP contribution in [0.15, 0.2) is 29.2 Å². The van der Waals surface area contributed by atoms with Crippen molar-refractivity contribution in [2.75, 3.05) is 20.6 Å². The highest BCUT2D eigenvalue weighted by Crippen LogP contribution is 2.24. The molecule has 1 amide bonds. The number of benzene rings is 1. The molecule has 1 aromatic carbocycles. The zero-order valence-electron chi connectivity index (χ0n) is 11.6. The van der Waals surface area contributed by atoms with E-state index in [1.807, 2.05) is 13.0 Å². The summed E-state index contributed by atoms with van der Waals surface area (Å²) in [5.41, 5.74) is 1.26. The lowest BCUT2D eigenvalue weighted by Crippen LogP contribution is -2.29. The third kappa shape index (κ3) is 4.70. The predicted molar refractivity (Wildman–Crippen MR) is 77.8 cm³/mol. The summed E-state index contributed by atoms with van der Waals surface area (Å²) >= 11 is 1.61. The van der Waals surface area contributed by atoms with Gasteiger partial charge in [0.1, 0.15) is 0 Å². The summed E-state index contributed by atoms with van der Waals surface area (Å²) in [5, 5.41) is 3.25. The number of carbonyl (C=O) groups is 1. The molecule has 0 bridgehead atoms. The van der Waals surface area contributed by atoms with Gasteiger partial charge in [-0.2, -0.15) is 0 Å². The van der Waals surface area contributed by atoms with E-state index < -0.39 is 0 Å². The Bertz CT molecular complexity index is 393. The van der Waals surface area contributed by atoms with Gasteiger partial charge in [0, 0.05) is 25.5 Å². The number of rotatable bonds is 6. The van der Waals surface area contributed by atoms with Crippen LogP contribution in [0.25, 0.3) is 0 Å². The number of nitrogens with one attached hydrogen (secondary N) is 1. The third-order valence-electron chi connectivity index (χ3n) is 2.58. The first-order chi connectivity index (χ1) is 8.54. The summed E-state index contributed by atoms with van der Waals surface area (Å²) in [6.07, 6.45) is 0. The Balaban J connectivity index is 2.64. The number of nitrogens with zero attached hydrogens (tertiary/aromatic N) is 1. The molecule has 3 nitrogen and oxygen atoms in total. The minimum atomic E-state index is -0.0469. The summed E-state index contributed by atoms with van der Waals surface area (Å²) in [6.45, 7) is 5.88. The fourth-order valence-electron chi connectivity index (χ4n) is 1.62. The van der Waals surface area contributed by atoms with Gasteiger partial charge in [-0.3, -0.25) is 4.79 Å². The van der Waals surface area contributed by atoms with Crippen molar-refractivity contribution in [3.63, 3.8) is 0 Å². The van der Waals surface area contributed by atoms with Crippen molar-refractivity contribution in [2.45, 2.75) is 30.5 Å². The van der Waals surface area contributed by atoms with Crippen LogP contribution in [-0.4, -0.2) is 36.7 Å². The molecule has 0 spiro atoms. The average Bonchev–Trinajstić information content (AvgIpc) is 2.35. The minimum Gasteiger partial charge on any atom is -0.348 e. The Morgan fingerprint density at radius 1 is 1.44 bits per heavy atom. The molecule has 1 aromatic rings. The molecule has 100 valence electrons. The quantitative estimate of drug-likeness (QED) is 0.802. The van der Waals surface area contributed by atoms with Crippen LogP contribution < -0.4 is 5.32 Å². The summed E-state index contributed by atoms with van der Waals surface area (Å²) in [7, 11) is 3.59. The maximum absolute atomic E-state index is 11.8. The van der Waals surface area contributed by atoms with Crippen LogP contribution in [0.2, 0.25) is 0 Å². The lowest BCUT2D eigenvalue weighted by atomic mass is 10.2. The third-order valence-corrected chi connectivity index (χ3v) is 3.66. The highest BCUT2D eigenvalue weighted by Gasteiger charge is 2.15. The van der Waals surface area contributed by atoms with Crippen LogP contribution in [0.5, 0.6) is 0 Å². The Morgan fingerprint density at radius 2 is 2.17 bits per heavy atom. The average molecular weight is 266 g/mol. The zero-order chi connectivity index (χ0) is 13.5. The lowest BCUT2D eigenvalue weighted by Gasteiger charge is -2.16. The summed E-state index contributed by atoms with van der Waals surface area (Å²) in [6, 6.07) is 8.35. The maximum atomic E-state index is 11.8. The van der Waals surface area contributed by atoms with Gasteiger partial charge in [-0.05, 0) is 31.2 Å². The molecule has 0 aliphatic heterocycles. The van der Waals surface area contributed by atoms with E-state index in [4.69, 9.17) is 0 Å². The normalized spacial score (nSPS) is 12.2. The summed E-state index contributed by atoms with van der Waals surface area (Å²) in [5.74, 6) is 0.150. The molecule has 0 saturated carbocycles. The van der Waals surface area contributed by atoms with Crippen molar-refractivity contribution in [3.8, 4) is 0 Å². The molecule has 0 heterocycles. The van der Waals surface area contributed by atoms with Crippen LogP contribution in [0.3, 0.4) is 0 Å². The topological polar surface area (TPSA) is 32.3 Å². The highest BCUT2D eigenvalue weighted by molar-refractivity contribution is 8.00. The van der Waals surface area contributed by atoms with Gasteiger partial charge in [-0.1, -0.05) is 19.1 Å². The molecular formula is C14H22N2OS. The Morgan fingerprint density at radius 3 is 2.78 bits per heavy atom. The highest BCUT2D eigenvalue weighted by atomic mass is 32.2. The predicted octanol–water partition coefficient (Wildman–Crippen LogP) is 2.36. The van der Waals surface area contributed by atoms with Gasteiger partial charge in [0.2, 0.25) is 5.91 Å². The van der Waals surface area contributed by atoms with E-state index in [0.29, 0.717) is 0 Å². The van der Waals surface area contributed by atoms with Crippen molar-refractivity contribution < 1.29 is 4.79 Å². The minimum absolute atomic E-state index is 0.0469. The second-order valence-electron chi connectivity index (χ2n) is 4.42. The summed E-state index contributed by atoms with van der Waals surface area (Å²) < 4.78 is 0.